The molecule has 5 heteroatoms. The highest BCUT2D eigenvalue weighted by atomic mass is 16.5. The summed E-state index contributed by atoms with van der Waals surface area (Å²) in [5.74, 6) is -0.937. The molecule has 0 aromatic heterocycles. The minimum Gasteiger partial charge on any atom is -0.493 e. The third-order valence-corrected chi connectivity index (χ3v) is 2.94. The van der Waals surface area contributed by atoms with Crippen molar-refractivity contribution in [3.63, 3.8) is 0 Å². The number of amides is 1. The fourth-order valence-corrected chi connectivity index (χ4v) is 1.76. The van der Waals surface area contributed by atoms with Crippen molar-refractivity contribution in [2.45, 2.75) is 13.3 Å². The molecule has 18 heavy (non-hydrogen) atoms. The molecule has 96 valence electrons. The standard InChI is InChI=1S/C13H15NO4/c1-8(13(16)17)7-14-12(15)10-2-3-11-9(6-10)4-5-18-11/h2-3,6,8H,4-5,7H2,1H3,(H,14,15)(H,16,17)/t8-/m0/s1. The molecule has 0 spiro atoms. The highest BCUT2D eigenvalue weighted by Crippen LogP contribution is 2.25. The molecular weight excluding hydrogens is 234 g/mol. The van der Waals surface area contributed by atoms with Gasteiger partial charge in [0, 0.05) is 18.5 Å². The number of carboxylic acid groups (broad SMARTS) is 1. The first-order chi connectivity index (χ1) is 8.58. The number of aliphatic carboxylic acids is 1. The number of carboxylic acids is 1. The molecule has 0 saturated carbocycles. The van der Waals surface area contributed by atoms with Crippen LogP contribution in [-0.2, 0) is 11.2 Å². The minimum atomic E-state index is -0.919. The van der Waals surface area contributed by atoms with E-state index in [1.54, 1.807) is 25.1 Å². The van der Waals surface area contributed by atoms with E-state index in [9.17, 15) is 9.59 Å². The molecule has 0 saturated heterocycles. The Hall–Kier alpha value is -2.04. The van der Waals surface area contributed by atoms with Crippen LogP contribution >= 0.6 is 0 Å². The largest absolute Gasteiger partial charge is 0.493 e. The Morgan fingerprint density at radius 1 is 1.50 bits per heavy atom. The lowest BCUT2D eigenvalue weighted by atomic mass is 10.1. The summed E-state index contributed by atoms with van der Waals surface area (Å²) in [6, 6.07) is 5.26. The van der Waals surface area contributed by atoms with Crippen molar-refractivity contribution in [2.24, 2.45) is 5.92 Å². The predicted octanol–water partition coefficient (Wildman–Crippen LogP) is 1.07. The van der Waals surface area contributed by atoms with Crippen molar-refractivity contribution in [3.8, 4) is 5.75 Å². The maximum Gasteiger partial charge on any atom is 0.308 e. The summed E-state index contributed by atoms with van der Waals surface area (Å²) in [4.78, 5) is 22.5. The molecule has 2 N–H and O–H groups in total. The summed E-state index contributed by atoms with van der Waals surface area (Å²) in [5, 5.41) is 11.3. The Morgan fingerprint density at radius 2 is 2.28 bits per heavy atom. The molecular formula is C13H15NO4. The van der Waals surface area contributed by atoms with Crippen molar-refractivity contribution in [3.05, 3.63) is 29.3 Å². The SMILES string of the molecule is C[C@@H](CNC(=O)c1ccc2c(c1)CCO2)C(=O)O. The summed E-state index contributed by atoms with van der Waals surface area (Å²) in [6.07, 6.45) is 0.808. The first kappa shape index (κ1) is 12.4. The zero-order chi connectivity index (χ0) is 13.1. The van der Waals surface area contributed by atoms with Crippen LogP contribution in [0.25, 0.3) is 0 Å². The van der Waals surface area contributed by atoms with E-state index >= 15 is 0 Å². The highest BCUT2D eigenvalue weighted by Gasteiger charge is 2.16. The smallest absolute Gasteiger partial charge is 0.308 e. The molecule has 1 aliphatic rings. The molecule has 5 nitrogen and oxygen atoms in total. The van der Waals surface area contributed by atoms with Crippen LogP contribution < -0.4 is 10.1 Å². The number of carbonyl (C=O) groups is 2. The molecule has 1 aromatic carbocycles. The van der Waals surface area contributed by atoms with Crippen LogP contribution in [0.15, 0.2) is 18.2 Å². The summed E-state index contributed by atoms with van der Waals surface area (Å²) in [5.41, 5.74) is 1.56. The Labute approximate surface area is 105 Å². The summed E-state index contributed by atoms with van der Waals surface area (Å²) in [7, 11) is 0. The van der Waals surface area contributed by atoms with Crippen LogP contribution in [0.4, 0.5) is 0 Å². The number of rotatable bonds is 4. The lowest BCUT2D eigenvalue weighted by Gasteiger charge is -2.09. The van der Waals surface area contributed by atoms with Gasteiger partial charge in [0.2, 0.25) is 0 Å². The van der Waals surface area contributed by atoms with Crippen molar-refractivity contribution in [1.82, 2.24) is 5.32 Å². The first-order valence-corrected chi connectivity index (χ1v) is 5.84. The topological polar surface area (TPSA) is 75.6 Å². The van der Waals surface area contributed by atoms with E-state index < -0.39 is 11.9 Å². The Kier molecular flexibility index (Phi) is 3.50. The summed E-state index contributed by atoms with van der Waals surface area (Å²) in [6.45, 7) is 2.33. The predicted molar refractivity (Wildman–Crippen MR) is 64.8 cm³/mol. The highest BCUT2D eigenvalue weighted by molar-refractivity contribution is 5.94. The van der Waals surface area contributed by atoms with Crippen LogP contribution in [-0.4, -0.2) is 30.1 Å². The summed E-state index contributed by atoms with van der Waals surface area (Å²) >= 11 is 0. The van der Waals surface area contributed by atoms with Gasteiger partial charge in [-0.2, -0.15) is 0 Å². The number of hydrogen-bond acceptors (Lipinski definition) is 3. The summed E-state index contributed by atoms with van der Waals surface area (Å²) < 4.78 is 5.35. The van der Waals surface area contributed by atoms with Crippen LogP contribution in [0.5, 0.6) is 5.75 Å². The minimum absolute atomic E-state index is 0.127. The van der Waals surface area contributed by atoms with Gasteiger partial charge in [-0.1, -0.05) is 6.92 Å². The zero-order valence-corrected chi connectivity index (χ0v) is 10.1. The fraction of sp³-hybridized carbons (Fsp3) is 0.385. The van der Waals surface area contributed by atoms with Crippen LogP contribution in [0.2, 0.25) is 0 Å². The van der Waals surface area contributed by atoms with Gasteiger partial charge in [-0.15, -0.1) is 0 Å². The Bertz CT molecular complexity index is 484. The van der Waals surface area contributed by atoms with Gasteiger partial charge in [0.25, 0.3) is 5.91 Å². The third-order valence-electron chi connectivity index (χ3n) is 2.94. The second kappa shape index (κ2) is 5.08. The van der Waals surface area contributed by atoms with Gasteiger partial charge in [0.05, 0.1) is 12.5 Å². The molecule has 2 rings (SSSR count). The van der Waals surface area contributed by atoms with E-state index in [4.69, 9.17) is 9.84 Å². The molecule has 1 atom stereocenters. The molecule has 0 bridgehead atoms. The maximum atomic E-state index is 11.8. The Morgan fingerprint density at radius 3 is 3.00 bits per heavy atom. The van der Waals surface area contributed by atoms with Crippen molar-refractivity contribution in [2.75, 3.05) is 13.2 Å². The van der Waals surface area contributed by atoms with Gasteiger partial charge in [-0.25, -0.2) is 0 Å². The number of benzene rings is 1. The normalized spacial score (nSPS) is 14.5. The van der Waals surface area contributed by atoms with Gasteiger partial charge < -0.3 is 15.2 Å². The lowest BCUT2D eigenvalue weighted by Crippen LogP contribution is -2.31. The monoisotopic (exact) mass is 249 g/mol. The number of hydrogen-bond donors (Lipinski definition) is 2. The molecule has 1 heterocycles. The second-order valence-electron chi connectivity index (χ2n) is 4.37. The van der Waals surface area contributed by atoms with E-state index in [1.807, 2.05) is 0 Å². The van der Waals surface area contributed by atoms with Gasteiger partial charge in [0.15, 0.2) is 0 Å². The molecule has 1 amide bonds. The fourth-order valence-electron chi connectivity index (χ4n) is 1.76. The number of fused-ring (bicyclic) bond motifs is 1. The van der Waals surface area contributed by atoms with E-state index in [-0.39, 0.29) is 12.5 Å². The second-order valence-corrected chi connectivity index (χ2v) is 4.37. The van der Waals surface area contributed by atoms with Crippen molar-refractivity contribution in [1.29, 1.82) is 0 Å². The molecule has 0 aliphatic carbocycles. The molecule has 1 aromatic rings. The van der Waals surface area contributed by atoms with Gasteiger partial charge in [-0.3, -0.25) is 9.59 Å². The van der Waals surface area contributed by atoms with Crippen LogP contribution in [0.1, 0.15) is 22.8 Å². The zero-order valence-electron chi connectivity index (χ0n) is 10.1. The van der Waals surface area contributed by atoms with E-state index in [0.29, 0.717) is 12.2 Å². The maximum absolute atomic E-state index is 11.8. The van der Waals surface area contributed by atoms with E-state index in [0.717, 1.165) is 17.7 Å². The molecule has 0 radical (unpaired) electrons. The average Bonchev–Trinajstić information content (AvgIpc) is 2.82. The number of nitrogens with one attached hydrogen (secondary N) is 1. The number of carbonyl (C=O) groups excluding carboxylic acids is 1. The van der Waals surface area contributed by atoms with Crippen LogP contribution in [0.3, 0.4) is 0 Å². The van der Waals surface area contributed by atoms with Crippen molar-refractivity contribution >= 4 is 11.9 Å². The third kappa shape index (κ3) is 2.61. The molecule has 0 fully saturated rings. The van der Waals surface area contributed by atoms with E-state index in [1.165, 1.54) is 0 Å². The first-order valence-electron chi connectivity index (χ1n) is 5.84. The molecule has 0 unspecified atom stereocenters. The molecule has 1 aliphatic heterocycles. The van der Waals surface area contributed by atoms with Crippen molar-refractivity contribution < 1.29 is 19.4 Å². The van der Waals surface area contributed by atoms with Gasteiger partial charge >= 0.3 is 5.97 Å². The lowest BCUT2D eigenvalue weighted by molar-refractivity contribution is -0.140. The quantitative estimate of drug-likeness (QED) is 0.837. The number of ether oxygens (including phenoxy) is 1. The van der Waals surface area contributed by atoms with Crippen LogP contribution in [0, 0.1) is 5.92 Å². The average molecular weight is 249 g/mol. The van der Waals surface area contributed by atoms with E-state index in [2.05, 4.69) is 5.32 Å². The Balaban J connectivity index is 1.99. The van der Waals surface area contributed by atoms with Gasteiger partial charge in [-0.05, 0) is 23.8 Å². The van der Waals surface area contributed by atoms with Gasteiger partial charge in [0.1, 0.15) is 5.75 Å².